The van der Waals surface area contributed by atoms with Crippen molar-refractivity contribution in [3.05, 3.63) is 34.5 Å². The van der Waals surface area contributed by atoms with Gasteiger partial charge in [0, 0.05) is 35.2 Å². The normalized spacial score (nSPS) is 17.8. The summed E-state index contributed by atoms with van der Waals surface area (Å²) in [7, 11) is 0. The second-order valence-corrected chi connectivity index (χ2v) is 9.53. The van der Waals surface area contributed by atoms with Crippen LogP contribution in [0.1, 0.15) is 54.3 Å². The molecule has 4 rings (SSSR count). The third-order valence-corrected chi connectivity index (χ3v) is 7.60. The van der Waals surface area contributed by atoms with E-state index in [1.54, 1.807) is 24.0 Å². The van der Waals surface area contributed by atoms with Gasteiger partial charge in [-0.2, -0.15) is 0 Å². The van der Waals surface area contributed by atoms with Crippen molar-refractivity contribution in [3.8, 4) is 0 Å². The fourth-order valence-electron chi connectivity index (χ4n) is 4.68. The molecule has 1 aliphatic carbocycles. The molecule has 9 heteroatoms. The third-order valence-electron chi connectivity index (χ3n) is 6.42. The van der Waals surface area contributed by atoms with Crippen molar-refractivity contribution in [3.63, 3.8) is 0 Å². The Morgan fingerprint density at radius 3 is 2.58 bits per heavy atom. The Morgan fingerprint density at radius 1 is 1.15 bits per heavy atom. The van der Waals surface area contributed by atoms with Crippen LogP contribution in [-0.4, -0.2) is 55.7 Å². The summed E-state index contributed by atoms with van der Waals surface area (Å²) in [6.07, 6.45) is 2.93. The highest BCUT2D eigenvalue weighted by Crippen LogP contribution is 2.43. The maximum absolute atomic E-state index is 14.6. The quantitative estimate of drug-likeness (QED) is 0.559. The number of rotatable bonds is 7. The fraction of sp³-hybridized carbons (Fsp3) is 0.542. The van der Waals surface area contributed by atoms with E-state index in [1.807, 2.05) is 0 Å². The predicted octanol–water partition coefficient (Wildman–Crippen LogP) is 4.07. The Kier molecular flexibility index (Phi) is 7.29. The van der Waals surface area contributed by atoms with Gasteiger partial charge in [-0.05, 0) is 31.9 Å². The summed E-state index contributed by atoms with van der Waals surface area (Å²) in [4.78, 5) is 40.6. The largest absolute Gasteiger partial charge is 0.462 e. The van der Waals surface area contributed by atoms with Crippen LogP contribution in [0.5, 0.6) is 0 Å². The number of morpholine rings is 1. The number of halogens is 1. The van der Waals surface area contributed by atoms with Gasteiger partial charge in [0.2, 0.25) is 5.91 Å². The molecular weight excluding hydrogens is 449 g/mol. The van der Waals surface area contributed by atoms with Crippen molar-refractivity contribution in [2.75, 3.05) is 32.9 Å². The van der Waals surface area contributed by atoms with Crippen LogP contribution in [0.15, 0.2) is 18.2 Å². The average molecular weight is 478 g/mol. The molecule has 0 N–H and O–H groups in total. The summed E-state index contributed by atoms with van der Waals surface area (Å²) in [6, 6.07) is 4.61. The zero-order chi connectivity index (χ0) is 23.4. The Hall–Kier alpha value is -2.52. The smallest absolute Gasteiger partial charge is 0.348 e. The zero-order valence-electron chi connectivity index (χ0n) is 18.7. The van der Waals surface area contributed by atoms with Gasteiger partial charge in [0.15, 0.2) is 0 Å². The number of carbonyl (C=O) groups excluding carboxylic acids is 3. The highest BCUT2D eigenvalue weighted by atomic mass is 32.1. The molecule has 2 heterocycles. The molecule has 0 bridgehead atoms. The van der Waals surface area contributed by atoms with E-state index in [4.69, 9.17) is 14.2 Å². The molecule has 2 fully saturated rings. The van der Waals surface area contributed by atoms with E-state index in [9.17, 15) is 18.8 Å². The number of esters is 2. The summed E-state index contributed by atoms with van der Waals surface area (Å²) in [5.74, 6) is -1.59. The van der Waals surface area contributed by atoms with Gasteiger partial charge >= 0.3 is 11.9 Å². The molecular formula is C24H28FNO6S. The Labute approximate surface area is 195 Å². The van der Waals surface area contributed by atoms with Crippen LogP contribution in [0.2, 0.25) is 0 Å². The maximum atomic E-state index is 14.6. The zero-order valence-corrected chi connectivity index (χ0v) is 19.5. The topological polar surface area (TPSA) is 82.1 Å². The number of ether oxygens (including phenoxy) is 3. The molecule has 7 nitrogen and oxygen atoms in total. The molecule has 178 valence electrons. The summed E-state index contributed by atoms with van der Waals surface area (Å²) < 4.78 is 31.4. The fourth-order valence-corrected chi connectivity index (χ4v) is 5.79. The number of thiophene rings is 1. The average Bonchev–Trinajstić information content (AvgIpc) is 3.44. The first-order chi connectivity index (χ1) is 15.9. The van der Waals surface area contributed by atoms with Gasteiger partial charge < -0.3 is 19.1 Å². The third kappa shape index (κ3) is 4.89. The molecule has 1 aromatic heterocycles. The maximum Gasteiger partial charge on any atom is 0.348 e. The first-order valence-corrected chi connectivity index (χ1v) is 12.2. The molecule has 2 aliphatic rings. The first kappa shape index (κ1) is 23.6. The van der Waals surface area contributed by atoms with E-state index in [0.717, 1.165) is 24.2 Å². The van der Waals surface area contributed by atoms with Crippen molar-refractivity contribution in [2.45, 2.75) is 45.6 Å². The summed E-state index contributed by atoms with van der Waals surface area (Å²) in [5.41, 5.74) is -0.573. The molecule has 1 aromatic carbocycles. The van der Waals surface area contributed by atoms with Crippen LogP contribution in [0.25, 0.3) is 10.1 Å². The van der Waals surface area contributed by atoms with Crippen LogP contribution >= 0.6 is 11.3 Å². The lowest BCUT2D eigenvalue weighted by Gasteiger charge is -2.32. The lowest BCUT2D eigenvalue weighted by Crippen LogP contribution is -2.44. The molecule has 0 unspecified atom stereocenters. The lowest BCUT2D eigenvalue weighted by molar-refractivity contribution is -0.161. The molecule has 2 aromatic rings. The van der Waals surface area contributed by atoms with Crippen molar-refractivity contribution >= 4 is 39.3 Å². The van der Waals surface area contributed by atoms with Crippen molar-refractivity contribution in [2.24, 2.45) is 5.41 Å². The van der Waals surface area contributed by atoms with Gasteiger partial charge in [0.05, 0.1) is 25.2 Å². The molecule has 1 amide bonds. The van der Waals surface area contributed by atoms with Crippen LogP contribution in [0.4, 0.5) is 4.39 Å². The van der Waals surface area contributed by atoms with Crippen LogP contribution in [0, 0.1) is 11.2 Å². The second kappa shape index (κ2) is 10.2. The lowest BCUT2D eigenvalue weighted by atomic mass is 9.82. The number of hydrogen-bond acceptors (Lipinski definition) is 7. The number of nitrogens with zero attached hydrogens (tertiary/aromatic N) is 1. The molecule has 0 atom stereocenters. The monoisotopic (exact) mass is 477 g/mol. The van der Waals surface area contributed by atoms with E-state index in [-0.39, 0.29) is 35.8 Å². The minimum atomic E-state index is -0.885. The van der Waals surface area contributed by atoms with E-state index in [0.29, 0.717) is 49.4 Å². The van der Waals surface area contributed by atoms with Crippen LogP contribution in [-0.2, 0) is 30.4 Å². The predicted molar refractivity (Wildman–Crippen MR) is 120 cm³/mol. The van der Waals surface area contributed by atoms with Gasteiger partial charge in [0.25, 0.3) is 0 Å². The Balaban J connectivity index is 1.55. The summed E-state index contributed by atoms with van der Waals surface area (Å²) in [5, 5.41) is 0.267. The minimum Gasteiger partial charge on any atom is -0.462 e. The highest BCUT2D eigenvalue weighted by Gasteiger charge is 2.45. The summed E-state index contributed by atoms with van der Waals surface area (Å²) >= 11 is 1.12. The summed E-state index contributed by atoms with van der Waals surface area (Å²) in [6.45, 7) is 3.66. The molecule has 33 heavy (non-hydrogen) atoms. The van der Waals surface area contributed by atoms with Crippen molar-refractivity contribution in [1.29, 1.82) is 0 Å². The van der Waals surface area contributed by atoms with Gasteiger partial charge in [-0.1, -0.05) is 18.9 Å². The molecule has 0 radical (unpaired) electrons. The molecule has 1 saturated heterocycles. The highest BCUT2D eigenvalue weighted by molar-refractivity contribution is 7.21. The van der Waals surface area contributed by atoms with E-state index >= 15 is 0 Å². The van der Waals surface area contributed by atoms with Gasteiger partial charge in [-0.25, -0.2) is 9.18 Å². The number of carbonyl (C=O) groups is 3. The van der Waals surface area contributed by atoms with Crippen LogP contribution in [0.3, 0.4) is 0 Å². The second-order valence-electron chi connectivity index (χ2n) is 8.48. The molecule has 1 saturated carbocycles. The Bertz CT molecular complexity index is 1040. The number of benzene rings is 1. The van der Waals surface area contributed by atoms with Gasteiger partial charge in [0.1, 0.15) is 17.3 Å². The first-order valence-electron chi connectivity index (χ1n) is 11.3. The Morgan fingerprint density at radius 2 is 1.88 bits per heavy atom. The molecule has 0 spiro atoms. The number of fused-ring (bicyclic) bond motifs is 1. The van der Waals surface area contributed by atoms with Crippen molar-refractivity contribution in [1.82, 2.24) is 4.90 Å². The van der Waals surface area contributed by atoms with E-state index in [1.165, 1.54) is 6.07 Å². The van der Waals surface area contributed by atoms with E-state index in [2.05, 4.69) is 0 Å². The standard InChI is InChI=1S/C24H28FNO6S/c1-2-31-22(28)21-16(20-17(25)6-5-7-18(20)33-21)15-32-23(29)24(8-3-4-9-24)14-19(27)26-10-12-30-13-11-26/h5-7H,2-4,8-15H2,1H3. The van der Waals surface area contributed by atoms with Crippen molar-refractivity contribution < 1.29 is 33.0 Å². The SMILES string of the molecule is CCOC(=O)c1sc2cccc(F)c2c1COC(=O)C1(CC(=O)N2CCOCC2)CCCC1. The van der Waals surface area contributed by atoms with Crippen LogP contribution < -0.4 is 0 Å². The minimum absolute atomic E-state index is 0.0728. The van der Waals surface area contributed by atoms with Gasteiger partial charge in [-0.15, -0.1) is 11.3 Å². The molecule has 1 aliphatic heterocycles. The number of hydrogen-bond donors (Lipinski definition) is 0. The number of amides is 1. The van der Waals surface area contributed by atoms with Gasteiger partial charge in [-0.3, -0.25) is 9.59 Å². The van der Waals surface area contributed by atoms with E-state index < -0.39 is 23.2 Å².